The van der Waals surface area contributed by atoms with Crippen molar-refractivity contribution in [1.29, 1.82) is 0 Å². The van der Waals surface area contributed by atoms with E-state index in [-0.39, 0.29) is 0 Å². The fourth-order valence-corrected chi connectivity index (χ4v) is 0.948. The summed E-state index contributed by atoms with van der Waals surface area (Å²) in [5, 5.41) is 9.53. The highest BCUT2D eigenvalue weighted by atomic mass is 16.7. The number of furan rings is 1. The zero-order valence-corrected chi connectivity index (χ0v) is 7.06. The van der Waals surface area contributed by atoms with Crippen molar-refractivity contribution in [1.82, 2.24) is 0 Å². The smallest absolute Gasteiger partial charge is 0.190 e. The van der Waals surface area contributed by atoms with Gasteiger partial charge < -0.3 is 19.0 Å². The van der Waals surface area contributed by atoms with E-state index in [4.69, 9.17) is 13.9 Å². The number of aliphatic hydroxyl groups is 1. The van der Waals surface area contributed by atoms with Gasteiger partial charge in [-0.05, 0) is 12.1 Å². The second kappa shape index (κ2) is 4.25. The number of hydrogen-bond acceptors (Lipinski definition) is 4. The summed E-state index contributed by atoms with van der Waals surface area (Å²) in [7, 11) is 2.92. The first-order chi connectivity index (χ1) is 5.79. The van der Waals surface area contributed by atoms with Crippen LogP contribution in [0.15, 0.2) is 22.8 Å². The molecule has 4 nitrogen and oxygen atoms in total. The molecule has 0 bridgehead atoms. The monoisotopic (exact) mass is 172 g/mol. The quantitative estimate of drug-likeness (QED) is 0.686. The summed E-state index contributed by atoms with van der Waals surface area (Å²) < 4.78 is 14.7. The maximum atomic E-state index is 9.53. The maximum absolute atomic E-state index is 9.53. The summed E-state index contributed by atoms with van der Waals surface area (Å²) in [6.07, 6.45) is -0.0767. The van der Waals surface area contributed by atoms with Gasteiger partial charge in [-0.1, -0.05) is 0 Å². The lowest BCUT2D eigenvalue weighted by Crippen LogP contribution is -2.22. The van der Waals surface area contributed by atoms with Crippen LogP contribution in [0.5, 0.6) is 0 Å². The van der Waals surface area contributed by atoms with Crippen LogP contribution in [0.4, 0.5) is 0 Å². The van der Waals surface area contributed by atoms with E-state index < -0.39 is 12.4 Å². The average molecular weight is 172 g/mol. The van der Waals surface area contributed by atoms with Gasteiger partial charge >= 0.3 is 0 Å². The Hall–Kier alpha value is -0.840. The van der Waals surface area contributed by atoms with Crippen molar-refractivity contribution < 1.29 is 19.0 Å². The van der Waals surface area contributed by atoms with Crippen LogP contribution in [0.1, 0.15) is 11.9 Å². The number of aliphatic hydroxyl groups excluding tert-OH is 1. The minimum absolute atomic E-state index is 0.434. The maximum Gasteiger partial charge on any atom is 0.190 e. The molecule has 1 atom stereocenters. The summed E-state index contributed by atoms with van der Waals surface area (Å²) in [4.78, 5) is 0. The molecule has 0 saturated carbocycles. The molecule has 4 heteroatoms. The van der Waals surface area contributed by atoms with Crippen molar-refractivity contribution >= 4 is 0 Å². The molecule has 0 fully saturated rings. The van der Waals surface area contributed by atoms with Crippen LogP contribution in [0.25, 0.3) is 0 Å². The molecule has 1 aromatic rings. The minimum atomic E-state index is -0.880. The van der Waals surface area contributed by atoms with Crippen molar-refractivity contribution in [2.75, 3.05) is 14.2 Å². The number of methoxy groups -OCH3 is 2. The first kappa shape index (κ1) is 9.25. The molecule has 0 aliphatic heterocycles. The molecule has 0 radical (unpaired) electrons. The van der Waals surface area contributed by atoms with Gasteiger partial charge in [0.1, 0.15) is 5.76 Å². The first-order valence-corrected chi connectivity index (χ1v) is 3.56. The Bertz CT molecular complexity index is 203. The van der Waals surface area contributed by atoms with Crippen molar-refractivity contribution in [2.45, 2.75) is 12.4 Å². The van der Waals surface area contributed by atoms with Crippen LogP contribution in [0, 0.1) is 0 Å². The van der Waals surface area contributed by atoms with Gasteiger partial charge in [-0.25, -0.2) is 0 Å². The lowest BCUT2D eigenvalue weighted by atomic mass is 10.2. The molecule has 12 heavy (non-hydrogen) atoms. The summed E-state index contributed by atoms with van der Waals surface area (Å²) in [6, 6.07) is 3.36. The molecule has 1 heterocycles. The van der Waals surface area contributed by atoms with Gasteiger partial charge in [0.2, 0.25) is 0 Å². The van der Waals surface area contributed by atoms with Gasteiger partial charge in [0, 0.05) is 14.2 Å². The van der Waals surface area contributed by atoms with E-state index >= 15 is 0 Å². The van der Waals surface area contributed by atoms with E-state index in [9.17, 15) is 5.11 Å². The molecule has 0 unspecified atom stereocenters. The van der Waals surface area contributed by atoms with Crippen molar-refractivity contribution in [3.8, 4) is 0 Å². The third kappa shape index (κ3) is 1.85. The standard InChI is InChI=1S/C8H12O4/c1-10-8(11-2)7(9)6-4-3-5-12-6/h3-5,7-9H,1-2H3/t7-/m0/s1. The van der Waals surface area contributed by atoms with Gasteiger partial charge in [-0.3, -0.25) is 0 Å². The van der Waals surface area contributed by atoms with Crippen LogP contribution < -0.4 is 0 Å². The van der Waals surface area contributed by atoms with Crippen molar-refractivity contribution in [3.05, 3.63) is 24.2 Å². The first-order valence-electron chi connectivity index (χ1n) is 3.56. The lowest BCUT2D eigenvalue weighted by molar-refractivity contribution is -0.170. The van der Waals surface area contributed by atoms with Crippen LogP contribution in [-0.2, 0) is 9.47 Å². The van der Waals surface area contributed by atoms with E-state index in [1.165, 1.54) is 20.5 Å². The van der Waals surface area contributed by atoms with Crippen LogP contribution >= 0.6 is 0 Å². The third-order valence-corrected chi connectivity index (χ3v) is 1.56. The molecule has 1 rings (SSSR count). The highest BCUT2D eigenvalue weighted by molar-refractivity contribution is 5.02. The van der Waals surface area contributed by atoms with Gasteiger partial charge in [-0.15, -0.1) is 0 Å². The summed E-state index contributed by atoms with van der Waals surface area (Å²) in [5.74, 6) is 0.434. The third-order valence-electron chi connectivity index (χ3n) is 1.56. The highest BCUT2D eigenvalue weighted by Gasteiger charge is 2.21. The van der Waals surface area contributed by atoms with Crippen molar-refractivity contribution in [2.24, 2.45) is 0 Å². The molecule has 0 spiro atoms. The molecular weight excluding hydrogens is 160 g/mol. The second-order valence-electron chi connectivity index (χ2n) is 2.30. The van der Waals surface area contributed by atoms with Gasteiger partial charge in [0.05, 0.1) is 6.26 Å². The Balaban J connectivity index is 2.63. The molecule has 0 saturated heterocycles. The average Bonchev–Trinajstić information content (AvgIpc) is 2.58. The lowest BCUT2D eigenvalue weighted by Gasteiger charge is -2.17. The van der Waals surface area contributed by atoms with E-state index in [0.29, 0.717) is 5.76 Å². The Kier molecular flexibility index (Phi) is 3.28. The number of rotatable bonds is 4. The normalized spacial score (nSPS) is 13.7. The largest absolute Gasteiger partial charge is 0.466 e. The van der Waals surface area contributed by atoms with E-state index in [1.54, 1.807) is 12.1 Å². The van der Waals surface area contributed by atoms with E-state index in [1.807, 2.05) is 0 Å². The Labute approximate surface area is 70.7 Å². The summed E-state index contributed by atoms with van der Waals surface area (Å²) in [5.41, 5.74) is 0. The van der Waals surface area contributed by atoms with Crippen LogP contribution in [0.2, 0.25) is 0 Å². The van der Waals surface area contributed by atoms with Crippen LogP contribution in [0.3, 0.4) is 0 Å². The molecular formula is C8H12O4. The molecule has 0 aromatic carbocycles. The zero-order chi connectivity index (χ0) is 8.97. The fraction of sp³-hybridized carbons (Fsp3) is 0.500. The highest BCUT2D eigenvalue weighted by Crippen LogP contribution is 2.19. The molecule has 1 aromatic heterocycles. The van der Waals surface area contributed by atoms with Gasteiger partial charge in [0.15, 0.2) is 12.4 Å². The minimum Gasteiger partial charge on any atom is -0.466 e. The molecule has 0 aliphatic carbocycles. The van der Waals surface area contributed by atoms with Crippen molar-refractivity contribution in [3.63, 3.8) is 0 Å². The molecule has 0 aliphatic rings. The Morgan fingerprint density at radius 1 is 1.42 bits per heavy atom. The Morgan fingerprint density at radius 3 is 2.50 bits per heavy atom. The zero-order valence-electron chi connectivity index (χ0n) is 7.06. The van der Waals surface area contributed by atoms with Gasteiger partial charge in [0.25, 0.3) is 0 Å². The summed E-state index contributed by atoms with van der Waals surface area (Å²) >= 11 is 0. The second-order valence-corrected chi connectivity index (χ2v) is 2.30. The predicted molar refractivity (Wildman–Crippen MR) is 41.5 cm³/mol. The molecule has 0 amide bonds. The Morgan fingerprint density at radius 2 is 2.08 bits per heavy atom. The molecule has 1 N–H and O–H groups in total. The SMILES string of the molecule is COC(OC)[C@@H](O)c1ccco1. The number of ether oxygens (including phenoxy) is 2. The summed E-state index contributed by atoms with van der Waals surface area (Å²) in [6.45, 7) is 0. The molecule has 68 valence electrons. The number of hydrogen-bond donors (Lipinski definition) is 1. The van der Waals surface area contributed by atoms with Gasteiger partial charge in [-0.2, -0.15) is 0 Å². The van der Waals surface area contributed by atoms with E-state index in [0.717, 1.165) is 0 Å². The fourth-order valence-electron chi connectivity index (χ4n) is 0.948. The van der Waals surface area contributed by atoms with Crippen LogP contribution in [-0.4, -0.2) is 25.6 Å². The predicted octanol–water partition coefficient (Wildman–Crippen LogP) is 0.932. The topological polar surface area (TPSA) is 51.8 Å². The van der Waals surface area contributed by atoms with E-state index in [2.05, 4.69) is 0 Å².